The van der Waals surface area contributed by atoms with Gasteiger partial charge in [-0.05, 0) is 38.3 Å². The molecule has 1 aromatic carbocycles. The molecule has 1 aromatic heterocycles. The van der Waals surface area contributed by atoms with Crippen LogP contribution in [0.5, 0.6) is 5.75 Å². The first kappa shape index (κ1) is 12.9. The van der Waals surface area contributed by atoms with Gasteiger partial charge in [0.15, 0.2) is 0 Å². The Labute approximate surface area is 119 Å². The van der Waals surface area contributed by atoms with Gasteiger partial charge >= 0.3 is 0 Å². The minimum atomic E-state index is 0.770. The summed E-state index contributed by atoms with van der Waals surface area (Å²) in [5.41, 5.74) is 3.26. The van der Waals surface area contributed by atoms with E-state index in [0.29, 0.717) is 0 Å². The fraction of sp³-hybridized carbons (Fsp3) is 0.375. The van der Waals surface area contributed by atoms with Crippen LogP contribution in [-0.4, -0.2) is 23.1 Å². The van der Waals surface area contributed by atoms with Crippen molar-refractivity contribution >= 4 is 5.82 Å². The number of aromatic nitrogens is 2. The average molecular weight is 269 g/mol. The summed E-state index contributed by atoms with van der Waals surface area (Å²) in [4.78, 5) is 8.96. The molecule has 2 heterocycles. The molecule has 1 aliphatic rings. The summed E-state index contributed by atoms with van der Waals surface area (Å²) < 4.78 is 5.87. The Bertz CT molecular complexity index is 625. The summed E-state index contributed by atoms with van der Waals surface area (Å²) >= 11 is 0. The molecule has 4 heteroatoms. The van der Waals surface area contributed by atoms with Crippen LogP contribution in [0, 0.1) is 6.92 Å². The smallest absolute Gasteiger partial charge is 0.131 e. The van der Waals surface area contributed by atoms with Crippen LogP contribution in [0.1, 0.15) is 24.7 Å². The standard InChI is InChI=1S/C16H19N3O/c1-3-17-15-10-14(18-11(2)19-15)13-8-4-6-12-7-5-9-20-16(12)13/h4,6,8,10H,3,5,7,9H2,1-2H3,(H,17,18,19). The molecule has 0 unspecified atom stereocenters. The number of benzene rings is 1. The van der Waals surface area contributed by atoms with E-state index in [9.17, 15) is 0 Å². The van der Waals surface area contributed by atoms with Gasteiger partial charge in [0.05, 0.1) is 12.3 Å². The normalized spacial score (nSPS) is 13.5. The van der Waals surface area contributed by atoms with E-state index in [0.717, 1.165) is 54.6 Å². The quantitative estimate of drug-likeness (QED) is 0.929. The summed E-state index contributed by atoms with van der Waals surface area (Å²) in [5, 5.41) is 3.25. The van der Waals surface area contributed by atoms with E-state index in [1.54, 1.807) is 0 Å². The summed E-state index contributed by atoms with van der Waals surface area (Å²) in [5.74, 6) is 2.62. The lowest BCUT2D eigenvalue weighted by Gasteiger charge is -2.20. The molecule has 0 bridgehead atoms. The van der Waals surface area contributed by atoms with Crippen molar-refractivity contribution in [1.82, 2.24) is 9.97 Å². The van der Waals surface area contributed by atoms with Crippen LogP contribution in [0.4, 0.5) is 5.82 Å². The molecule has 0 atom stereocenters. The van der Waals surface area contributed by atoms with Crippen molar-refractivity contribution < 1.29 is 4.74 Å². The summed E-state index contributed by atoms with van der Waals surface area (Å²) in [6, 6.07) is 8.27. The number of rotatable bonds is 3. The molecule has 0 fully saturated rings. The maximum Gasteiger partial charge on any atom is 0.131 e. The zero-order valence-corrected chi connectivity index (χ0v) is 11.9. The number of para-hydroxylation sites is 1. The van der Waals surface area contributed by atoms with E-state index in [2.05, 4.69) is 40.4 Å². The Balaban J connectivity index is 2.09. The predicted molar refractivity (Wildman–Crippen MR) is 80.2 cm³/mol. The lowest BCUT2D eigenvalue weighted by Crippen LogP contribution is -2.10. The monoisotopic (exact) mass is 269 g/mol. The molecular weight excluding hydrogens is 250 g/mol. The Morgan fingerprint density at radius 1 is 1.30 bits per heavy atom. The molecule has 0 saturated heterocycles. The Hall–Kier alpha value is -2.10. The second-order valence-corrected chi connectivity index (χ2v) is 4.96. The molecule has 1 aliphatic heterocycles. The zero-order chi connectivity index (χ0) is 13.9. The summed E-state index contributed by atoms with van der Waals surface area (Å²) in [7, 11) is 0. The first-order valence-electron chi connectivity index (χ1n) is 7.12. The second-order valence-electron chi connectivity index (χ2n) is 4.96. The maximum atomic E-state index is 5.87. The molecule has 0 spiro atoms. The van der Waals surface area contributed by atoms with E-state index < -0.39 is 0 Å². The van der Waals surface area contributed by atoms with Gasteiger partial charge in [-0.25, -0.2) is 9.97 Å². The number of ether oxygens (including phenoxy) is 1. The lowest BCUT2D eigenvalue weighted by atomic mass is 10.0. The number of aryl methyl sites for hydroxylation is 2. The molecule has 3 rings (SSSR count). The Morgan fingerprint density at radius 3 is 3.05 bits per heavy atom. The Morgan fingerprint density at radius 2 is 2.20 bits per heavy atom. The molecule has 4 nitrogen and oxygen atoms in total. The van der Waals surface area contributed by atoms with Gasteiger partial charge in [0.1, 0.15) is 17.4 Å². The van der Waals surface area contributed by atoms with Gasteiger partial charge in [-0.2, -0.15) is 0 Å². The highest BCUT2D eigenvalue weighted by Gasteiger charge is 2.17. The van der Waals surface area contributed by atoms with Crippen LogP contribution in [0.3, 0.4) is 0 Å². The highest BCUT2D eigenvalue weighted by atomic mass is 16.5. The van der Waals surface area contributed by atoms with Crippen molar-refractivity contribution in [3.63, 3.8) is 0 Å². The van der Waals surface area contributed by atoms with Gasteiger partial charge in [-0.3, -0.25) is 0 Å². The molecule has 20 heavy (non-hydrogen) atoms. The molecule has 0 amide bonds. The highest BCUT2D eigenvalue weighted by molar-refractivity contribution is 5.71. The second kappa shape index (κ2) is 5.49. The lowest BCUT2D eigenvalue weighted by molar-refractivity contribution is 0.289. The Kier molecular flexibility index (Phi) is 3.54. The SMILES string of the molecule is CCNc1cc(-c2cccc3c2OCCC3)nc(C)n1. The van der Waals surface area contributed by atoms with Crippen molar-refractivity contribution in [1.29, 1.82) is 0 Å². The molecule has 1 N–H and O–H groups in total. The van der Waals surface area contributed by atoms with Crippen LogP contribution in [0.25, 0.3) is 11.3 Å². The van der Waals surface area contributed by atoms with Crippen molar-refractivity contribution in [2.45, 2.75) is 26.7 Å². The van der Waals surface area contributed by atoms with Crippen molar-refractivity contribution in [3.05, 3.63) is 35.7 Å². The first-order valence-corrected chi connectivity index (χ1v) is 7.12. The molecule has 0 radical (unpaired) electrons. The largest absolute Gasteiger partial charge is 0.493 e. The van der Waals surface area contributed by atoms with Crippen molar-refractivity contribution in [2.75, 3.05) is 18.5 Å². The average Bonchev–Trinajstić information content (AvgIpc) is 2.46. The molecular formula is C16H19N3O. The van der Waals surface area contributed by atoms with E-state index in [-0.39, 0.29) is 0 Å². The highest BCUT2D eigenvalue weighted by Crippen LogP contribution is 2.35. The van der Waals surface area contributed by atoms with E-state index in [4.69, 9.17) is 4.74 Å². The summed E-state index contributed by atoms with van der Waals surface area (Å²) in [6.07, 6.45) is 2.16. The van der Waals surface area contributed by atoms with E-state index in [1.807, 2.05) is 13.0 Å². The van der Waals surface area contributed by atoms with Gasteiger partial charge in [-0.1, -0.05) is 12.1 Å². The van der Waals surface area contributed by atoms with Crippen LogP contribution >= 0.6 is 0 Å². The minimum absolute atomic E-state index is 0.770. The van der Waals surface area contributed by atoms with Crippen LogP contribution in [0.2, 0.25) is 0 Å². The minimum Gasteiger partial charge on any atom is -0.493 e. The molecule has 0 aliphatic carbocycles. The number of anilines is 1. The number of fused-ring (bicyclic) bond motifs is 1. The fourth-order valence-corrected chi connectivity index (χ4v) is 2.57. The van der Waals surface area contributed by atoms with Crippen molar-refractivity contribution in [3.8, 4) is 17.0 Å². The van der Waals surface area contributed by atoms with Crippen molar-refractivity contribution in [2.24, 2.45) is 0 Å². The van der Waals surface area contributed by atoms with Gasteiger partial charge in [0, 0.05) is 18.2 Å². The van der Waals surface area contributed by atoms with E-state index >= 15 is 0 Å². The number of nitrogens with one attached hydrogen (secondary N) is 1. The van der Waals surface area contributed by atoms with Crippen LogP contribution in [0.15, 0.2) is 24.3 Å². The molecule has 0 saturated carbocycles. The van der Waals surface area contributed by atoms with Crippen LogP contribution in [-0.2, 0) is 6.42 Å². The third kappa shape index (κ3) is 2.46. The van der Waals surface area contributed by atoms with Gasteiger partial charge in [0.25, 0.3) is 0 Å². The van der Waals surface area contributed by atoms with Gasteiger partial charge in [0.2, 0.25) is 0 Å². The number of nitrogens with zero attached hydrogens (tertiary/aromatic N) is 2. The van der Waals surface area contributed by atoms with Gasteiger partial charge < -0.3 is 10.1 Å². The topological polar surface area (TPSA) is 47.0 Å². The van der Waals surface area contributed by atoms with E-state index in [1.165, 1.54) is 5.56 Å². The molecule has 2 aromatic rings. The fourth-order valence-electron chi connectivity index (χ4n) is 2.57. The maximum absolute atomic E-state index is 5.87. The third-order valence-corrected chi connectivity index (χ3v) is 3.41. The van der Waals surface area contributed by atoms with Crippen LogP contribution < -0.4 is 10.1 Å². The third-order valence-electron chi connectivity index (χ3n) is 3.41. The number of hydrogen-bond donors (Lipinski definition) is 1. The first-order chi connectivity index (χ1) is 9.78. The number of hydrogen-bond acceptors (Lipinski definition) is 4. The predicted octanol–water partition coefficient (Wildman–Crippen LogP) is 3.21. The molecule has 104 valence electrons. The van der Waals surface area contributed by atoms with Gasteiger partial charge in [-0.15, -0.1) is 0 Å². The zero-order valence-electron chi connectivity index (χ0n) is 11.9. The summed E-state index contributed by atoms with van der Waals surface area (Å²) in [6.45, 7) is 5.61.